The van der Waals surface area contributed by atoms with Gasteiger partial charge in [0.2, 0.25) is 0 Å². The molecule has 3 rings (SSSR count). The van der Waals surface area contributed by atoms with Crippen molar-refractivity contribution in [2.24, 2.45) is 0 Å². The first-order valence-corrected chi connectivity index (χ1v) is 8.32. The van der Waals surface area contributed by atoms with Crippen molar-refractivity contribution in [2.45, 2.75) is 51.4 Å². The fourth-order valence-electron chi connectivity index (χ4n) is 3.44. The lowest BCUT2D eigenvalue weighted by atomic mass is 10.2. The molecular weight excluding hydrogens is 246 g/mol. The first-order chi connectivity index (χ1) is 9.95. The molecule has 0 bridgehead atoms. The molecule has 0 atom stereocenters. The van der Waals surface area contributed by atoms with E-state index in [1.807, 2.05) is 6.20 Å². The van der Waals surface area contributed by atoms with Gasteiger partial charge in [-0.3, -0.25) is 4.98 Å². The van der Waals surface area contributed by atoms with Crippen LogP contribution in [0.5, 0.6) is 0 Å². The molecule has 2 fully saturated rings. The highest BCUT2D eigenvalue weighted by atomic mass is 15.2. The van der Waals surface area contributed by atoms with Crippen molar-refractivity contribution in [3.05, 3.63) is 18.5 Å². The van der Waals surface area contributed by atoms with Crippen molar-refractivity contribution in [3.8, 4) is 0 Å². The van der Waals surface area contributed by atoms with Gasteiger partial charge in [0.1, 0.15) is 6.20 Å². The summed E-state index contributed by atoms with van der Waals surface area (Å²) in [5, 5.41) is 0. The van der Waals surface area contributed by atoms with Gasteiger partial charge in [-0.2, -0.15) is 0 Å². The standard InChI is InChI=1S/C17H26N3/c1-2-6-12-19(11-5-1)16-9-10-18-15-17(16)20-13-7-3-4-8-14-20/h9-10H,1-8,11-14H2. The number of nitrogens with zero attached hydrogens (tertiary/aromatic N) is 3. The molecule has 2 saturated heterocycles. The lowest BCUT2D eigenvalue weighted by molar-refractivity contribution is 0.726. The Morgan fingerprint density at radius 3 is 1.90 bits per heavy atom. The lowest BCUT2D eigenvalue weighted by Gasteiger charge is -2.30. The maximum absolute atomic E-state index is 4.28. The summed E-state index contributed by atoms with van der Waals surface area (Å²) in [5.74, 6) is 0. The van der Waals surface area contributed by atoms with E-state index in [-0.39, 0.29) is 0 Å². The minimum Gasteiger partial charge on any atom is -0.370 e. The summed E-state index contributed by atoms with van der Waals surface area (Å²) in [6.07, 6.45) is 15.9. The lowest BCUT2D eigenvalue weighted by Crippen LogP contribution is -2.30. The Balaban J connectivity index is 1.82. The highest BCUT2D eigenvalue weighted by Crippen LogP contribution is 2.31. The molecule has 3 heteroatoms. The SMILES string of the molecule is [c]1nccc(N2CCCCCC2)c1N1CCCCCC1. The second-order valence-corrected chi connectivity index (χ2v) is 6.09. The summed E-state index contributed by atoms with van der Waals surface area (Å²) in [7, 11) is 0. The molecule has 20 heavy (non-hydrogen) atoms. The molecule has 0 N–H and O–H groups in total. The van der Waals surface area contributed by atoms with E-state index in [0.29, 0.717) is 0 Å². The predicted octanol–water partition coefficient (Wildman–Crippen LogP) is 3.64. The van der Waals surface area contributed by atoms with Gasteiger partial charge in [0.15, 0.2) is 0 Å². The number of pyridine rings is 1. The van der Waals surface area contributed by atoms with E-state index >= 15 is 0 Å². The molecule has 109 valence electrons. The van der Waals surface area contributed by atoms with Crippen molar-refractivity contribution < 1.29 is 0 Å². The van der Waals surface area contributed by atoms with Gasteiger partial charge in [-0.05, 0) is 31.7 Å². The van der Waals surface area contributed by atoms with E-state index in [9.17, 15) is 0 Å². The first-order valence-electron chi connectivity index (χ1n) is 8.32. The third kappa shape index (κ3) is 3.25. The molecule has 0 aromatic carbocycles. The van der Waals surface area contributed by atoms with Gasteiger partial charge in [-0.1, -0.05) is 25.7 Å². The molecule has 0 saturated carbocycles. The zero-order chi connectivity index (χ0) is 13.6. The van der Waals surface area contributed by atoms with Crippen LogP contribution in [0.1, 0.15) is 51.4 Å². The van der Waals surface area contributed by atoms with Gasteiger partial charge < -0.3 is 9.80 Å². The molecular formula is C17H26N3. The summed E-state index contributed by atoms with van der Waals surface area (Å²) in [5.41, 5.74) is 2.61. The Morgan fingerprint density at radius 2 is 1.30 bits per heavy atom. The molecule has 1 aromatic rings. The van der Waals surface area contributed by atoms with Crippen LogP contribution in [-0.4, -0.2) is 31.2 Å². The van der Waals surface area contributed by atoms with Crippen LogP contribution in [-0.2, 0) is 0 Å². The third-order valence-electron chi connectivity index (χ3n) is 4.59. The average Bonchev–Trinajstić information content (AvgIpc) is 2.92. The maximum Gasteiger partial charge on any atom is 0.116 e. The average molecular weight is 272 g/mol. The fourth-order valence-corrected chi connectivity index (χ4v) is 3.44. The van der Waals surface area contributed by atoms with Crippen LogP contribution in [0, 0.1) is 6.20 Å². The minimum atomic E-state index is 1.17. The van der Waals surface area contributed by atoms with Crippen molar-refractivity contribution >= 4 is 11.4 Å². The van der Waals surface area contributed by atoms with E-state index in [0.717, 1.165) is 0 Å². The van der Waals surface area contributed by atoms with Gasteiger partial charge in [0, 0.05) is 32.4 Å². The number of aromatic nitrogens is 1. The Bertz CT molecular complexity index is 363. The highest BCUT2D eigenvalue weighted by molar-refractivity contribution is 5.69. The monoisotopic (exact) mass is 272 g/mol. The number of hydrogen-bond donors (Lipinski definition) is 0. The van der Waals surface area contributed by atoms with Gasteiger partial charge in [-0.25, -0.2) is 0 Å². The number of anilines is 2. The van der Waals surface area contributed by atoms with Gasteiger partial charge in [0.05, 0.1) is 11.4 Å². The Labute approximate surface area is 123 Å². The molecule has 2 aliphatic heterocycles. The van der Waals surface area contributed by atoms with Gasteiger partial charge in [-0.15, -0.1) is 0 Å². The molecule has 0 unspecified atom stereocenters. The van der Waals surface area contributed by atoms with Crippen LogP contribution >= 0.6 is 0 Å². The van der Waals surface area contributed by atoms with Crippen LogP contribution in [0.4, 0.5) is 11.4 Å². The van der Waals surface area contributed by atoms with Gasteiger partial charge >= 0.3 is 0 Å². The molecule has 0 spiro atoms. The molecule has 0 aliphatic carbocycles. The zero-order valence-corrected chi connectivity index (χ0v) is 12.5. The summed E-state index contributed by atoms with van der Waals surface area (Å²) in [4.78, 5) is 9.35. The van der Waals surface area contributed by atoms with E-state index in [1.165, 1.54) is 88.9 Å². The minimum absolute atomic E-state index is 1.17. The quantitative estimate of drug-likeness (QED) is 0.819. The second kappa shape index (κ2) is 6.96. The molecule has 2 aliphatic rings. The Hall–Kier alpha value is -1.25. The van der Waals surface area contributed by atoms with Crippen molar-refractivity contribution in [1.82, 2.24) is 4.98 Å². The maximum atomic E-state index is 4.28. The molecule has 1 aromatic heterocycles. The zero-order valence-electron chi connectivity index (χ0n) is 12.5. The first kappa shape index (κ1) is 13.7. The van der Waals surface area contributed by atoms with Crippen LogP contribution in [0.15, 0.2) is 12.3 Å². The normalized spacial score (nSPS) is 21.4. The van der Waals surface area contributed by atoms with E-state index in [2.05, 4.69) is 27.0 Å². The van der Waals surface area contributed by atoms with Gasteiger partial charge in [0.25, 0.3) is 0 Å². The molecule has 3 heterocycles. The Kier molecular flexibility index (Phi) is 4.77. The fraction of sp³-hybridized carbons (Fsp3) is 0.706. The summed E-state index contributed by atoms with van der Waals surface area (Å²) in [6.45, 7) is 4.73. The number of rotatable bonds is 2. The van der Waals surface area contributed by atoms with Crippen LogP contribution in [0.3, 0.4) is 0 Å². The van der Waals surface area contributed by atoms with Crippen LogP contribution in [0.25, 0.3) is 0 Å². The van der Waals surface area contributed by atoms with Crippen molar-refractivity contribution in [2.75, 3.05) is 36.0 Å². The summed E-state index contributed by atoms with van der Waals surface area (Å²) in [6, 6.07) is 2.20. The number of hydrogen-bond acceptors (Lipinski definition) is 3. The topological polar surface area (TPSA) is 19.4 Å². The smallest absolute Gasteiger partial charge is 0.116 e. The van der Waals surface area contributed by atoms with E-state index in [1.54, 1.807) is 0 Å². The highest BCUT2D eigenvalue weighted by Gasteiger charge is 2.18. The third-order valence-corrected chi connectivity index (χ3v) is 4.59. The Morgan fingerprint density at radius 1 is 0.750 bits per heavy atom. The van der Waals surface area contributed by atoms with E-state index < -0.39 is 0 Å². The van der Waals surface area contributed by atoms with Crippen LogP contribution < -0.4 is 9.80 Å². The predicted molar refractivity (Wildman–Crippen MR) is 84.4 cm³/mol. The largest absolute Gasteiger partial charge is 0.370 e. The molecule has 3 nitrogen and oxygen atoms in total. The summed E-state index contributed by atoms with van der Waals surface area (Å²) < 4.78 is 0. The summed E-state index contributed by atoms with van der Waals surface area (Å²) >= 11 is 0. The molecule has 0 amide bonds. The molecule has 1 radical (unpaired) electrons. The second-order valence-electron chi connectivity index (χ2n) is 6.09. The van der Waals surface area contributed by atoms with E-state index in [4.69, 9.17) is 0 Å². The van der Waals surface area contributed by atoms with Crippen molar-refractivity contribution in [1.29, 1.82) is 0 Å². The van der Waals surface area contributed by atoms with Crippen LogP contribution in [0.2, 0.25) is 0 Å². The van der Waals surface area contributed by atoms with Crippen molar-refractivity contribution in [3.63, 3.8) is 0 Å².